The van der Waals surface area contributed by atoms with E-state index in [0.717, 1.165) is 30.3 Å². The summed E-state index contributed by atoms with van der Waals surface area (Å²) in [5.41, 5.74) is 1.32. The lowest BCUT2D eigenvalue weighted by Crippen LogP contribution is -2.40. The van der Waals surface area contributed by atoms with E-state index in [-0.39, 0.29) is 5.54 Å². The second kappa shape index (κ2) is 6.36. The highest BCUT2D eigenvalue weighted by atomic mass is 32.1. The van der Waals surface area contributed by atoms with E-state index < -0.39 is 0 Å². The Hall–Kier alpha value is -0.610. The van der Waals surface area contributed by atoms with Crippen molar-refractivity contribution in [2.45, 2.75) is 52.6 Å². The van der Waals surface area contributed by atoms with Crippen molar-refractivity contribution in [2.75, 3.05) is 18.5 Å². The van der Waals surface area contributed by atoms with E-state index in [1.54, 1.807) is 11.3 Å². The van der Waals surface area contributed by atoms with Crippen LogP contribution >= 0.6 is 11.3 Å². The molecule has 0 spiro atoms. The van der Waals surface area contributed by atoms with Crippen LogP contribution in [0.1, 0.15) is 46.2 Å². The summed E-state index contributed by atoms with van der Waals surface area (Å²) in [5, 5.41) is 6.65. The molecular formula is C13H25N3S. The Bertz CT molecular complexity index is 333. The van der Waals surface area contributed by atoms with Crippen molar-refractivity contribution < 1.29 is 0 Å². The van der Waals surface area contributed by atoms with Crippen molar-refractivity contribution in [3.63, 3.8) is 0 Å². The standard InChI is InChI=1S/C13H25N3S/c1-6-8-14-9-11-10-17-12(15-11)16(5)13(3,4)7-2/h10,14H,6-9H2,1-5H3. The maximum Gasteiger partial charge on any atom is 0.185 e. The van der Waals surface area contributed by atoms with Crippen molar-refractivity contribution in [1.82, 2.24) is 10.3 Å². The van der Waals surface area contributed by atoms with Crippen molar-refractivity contribution in [2.24, 2.45) is 0 Å². The maximum absolute atomic E-state index is 4.68. The molecule has 0 amide bonds. The van der Waals surface area contributed by atoms with Gasteiger partial charge in [-0.1, -0.05) is 13.8 Å². The maximum atomic E-state index is 4.68. The third-order valence-corrected chi connectivity index (χ3v) is 4.30. The lowest BCUT2D eigenvalue weighted by atomic mass is 10.0. The van der Waals surface area contributed by atoms with E-state index in [2.05, 4.69) is 55.3 Å². The highest BCUT2D eigenvalue weighted by Crippen LogP contribution is 2.27. The van der Waals surface area contributed by atoms with Gasteiger partial charge in [0.15, 0.2) is 5.13 Å². The molecule has 1 rings (SSSR count). The van der Waals surface area contributed by atoms with Crippen molar-refractivity contribution in [3.05, 3.63) is 11.1 Å². The Kier molecular flexibility index (Phi) is 5.40. The average Bonchev–Trinajstić information content (AvgIpc) is 2.77. The number of aromatic nitrogens is 1. The number of hydrogen-bond acceptors (Lipinski definition) is 4. The Labute approximate surface area is 109 Å². The van der Waals surface area contributed by atoms with E-state index >= 15 is 0 Å². The lowest BCUT2D eigenvalue weighted by Gasteiger charge is -2.34. The van der Waals surface area contributed by atoms with Gasteiger partial charge >= 0.3 is 0 Å². The number of rotatable bonds is 7. The number of nitrogens with zero attached hydrogens (tertiary/aromatic N) is 2. The normalized spacial score (nSPS) is 11.8. The molecule has 0 aliphatic heterocycles. The first-order valence-corrected chi connectivity index (χ1v) is 7.28. The van der Waals surface area contributed by atoms with Crippen LogP contribution in [0.2, 0.25) is 0 Å². The fraction of sp³-hybridized carbons (Fsp3) is 0.769. The molecule has 1 aromatic rings. The molecule has 17 heavy (non-hydrogen) atoms. The number of nitrogens with one attached hydrogen (secondary N) is 1. The molecule has 0 aliphatic rings. The van der Waals surface area contributed by atoms with E-state index in [4.69, 9.17) is 0 Å². The van der Waals surface area contributed by atoms with Gasteiger partial charge in [-0.2, -0.15) is 0 Å². The van der Waals surface area contributed by atoms with Crippen LogP contribution in [0.15, 0.2) is 5.38 Å². The molecular weight excluding hydrogens is 230 g/mol. The summed E-state index contributed by atoms with van der Waals surface area (Å²) in [6.45, 7) is 10.8. The van der Waals surface area contributed by atoms with Crippen LogP contribution in [-0.4, -0.2) is 24.1 Å². The second-order valence-corrected chi connectivity index (χ2v) is 5.86. The van der Waals surface area contributed by atoms with Crippen LogP contribution in [0, 0.1) is 0 Å². The fourth-order valence-electron chi connectivity index (χ4n) is 1.42. The van der Waals surface area contributed by atoms with Gasteiger partial charge in [-0.25, -0.2) is 4.98 Å². The summed E-state index contributed by atoms with van der Waals surface area (Å²) in [5.74, 6) is 0. The van der Waals surface area contributed by atoms with Gasteiger partial charge in [0, 0.05) is 24.5 Å². The van der Waals surface area contributed by atoms with Gasteiger partial charge in [-0.15, -0.1) is 11.3 Å². The number of hydrogen-bond donors (Lipinski definition) is 1. The quantitative estimate of drug-likeness (QED) is 0.758. The summed E-state index contributed by atoms with van der Waals surface area (Å²) in [6.07, 6.45) is 2.28. The smallest absolute Gasteiger partial charge is 0.185 e. The molecule has 0 radical (unpaired) electrons. The molecule has 3 nitrogen and oxygen atoms in total. The molecule has 0 bridgehead atoms. The number of anilines is 1. The summed E-state index contributed by atoms with van der Waals surface area (Å²) in [4.78, 5) is 6.96. The predicted octanol–water partition coefficient (Wildman–Crippen LogP) is 3.27. The first-order chi connectivity index (χ1) is 8.01. The molecule has 0 saturated heterocycles. The first kappa shape index (κ1) is 14.5. The first-order valence-electron chi connectivity index (χ1n) is 6.40. The molecule has 4 heteroatoms. The van der Waals surface area contributed by atoms with Crippen molar-refractivity contribution in [3.8, 4) is 0 Å². The van der Waals surface area contributed by atoms with Crippen LogP contribution in [-0.2, 0) is 6.54 Å². The Morgan fingerprint density at radius 3 is 2.71 bits per heavy atom. The fourth-order valence-corrected chi connectivity index (χ4v) is 2.37. The Morgan fingerprint density at radius 2 is 2.12 bits per heavy atom. The zero-order valence-corrected chi connectivity index (χ0v) is 12.5. The zero-order valence-electron chi connectivity index (χ0n) is 11.7. The molecule has 98 valence electrons. The second-order valence-electron chi connectivity index (χ2n) is 5.02. The minimum Gasteiger partial charge on any atom is -0.346 e. The van der Waals surface area contributed by atoms with Gasteiger partial charge < -0.3 is 10.2 Å². The number of thiazole rings is 1. The van der Waals surface area contributed by atoms with Gasteiger partial charge in [0.1, 0.15) is 0 Å². The third kappa shape index (κ3) is 3.96. The highest BCUT2D eigenvalue weighted by molar-refractivity contribution is 7.13. The summed E-state index contributed by atoms with van der Waals surface area (Å²) in [7, 11) is 2.13. The summed E-state index contributed by atoms with van der Waals surface area (Å²) < 4.78 is 0. The average molecular weight is 255 g/mol. The van der Waals surface area contributed by atoms with Crippen LogP contribution < -0.4 is 10.2 Å². The molecule has 1 heterocycles. The minimum absolute atomic E-state index is 0.173. The molecule has 1 aromatic heterocycles. The molecule has 0 aromatic carbocycles. The molecule has 0 aliphatic carbocycles. The molecule has 0 saturated carbocycles. The van der Waals surface area contributed by atoms with Crippen LogP contribution in [0.5, 0.6) is 0 Å². The molecule has 1 N–H and O–H groups in total. The van der Waals surface area contributed by atoms with Gasteiger partial charge in [-0.05, 0) is 33.2 Å². The monoisotopic (exact) mass is 255 g/mol. The lowest BCUT2D eigenvalue weighted by molar-refractivity contribution is 0.469. The molecule has 0 unspecified atom stereocenters. The van der Waals surface area contributed by atoms with E-state index in [9.17, 15) is 0 Å². The SMILES string of the molecule is CCCNCc1csc(N(C)C(C)(C)CC)n1. The predicted molar refractivity (Wildman–Crippen MR) is 76.9 cm³/mol. The van der Waals surface area contributed by atoms with Crippen molar-refractivity contribution in [1.29, 1.82) is 0 Å². The van der Waals surface area contributed by atoms with E-state index in [1.165, 1.54) is 6.42 Å². The minimum atomic E-state index is 0.173. The zero-order chi connectivity index (χ0) is 12.9. The van der Waals surface area contributed by atoms with E-state index in [0.29, 0.717) is 0 Å². The molecule has 0 atom stereocenters. The van der Waals surface area contributed by atoms with Gasteiger partial charge in [0.25, 0.3) is 0 Å². The topological polar surface area (TPSA) is 28.2 Å². The van der Waals surface area contributed by atoms with Gasteiger partial charge in [0.05, 0.1) is 5.69 Å². The molecule has 0 fully saturated rings. The van der Waals surface area contributed by atoms with E-state index in [1.807, 2.05) is 0 Å². The Balaban J connectivity index is 2.61. The van der Waals surface area contributed by atoms with Crippen molar-refractivity contribution >= 4 is 16.5 Å². The summed E-state index contributed by atoms with van der Waals surface area (Å²) in [6, 6.07) is 0. The third-order valence-electron chi connectivity index (χ3n) is 3.33. The van der Waals surface area contributed by atoms with Gasteiger partial charge in [0.2, 0.25) is 0 Å². The van der Waals surface area contributed by atoms with Crippen LogP contribution in [0.25, 0.3) is 0 Å². The van der Waals surface area contributed by atoms with Gasteiger partial charge in [-0.3, -0.25) is 0 Å². The Morgan fingerprint density at radius 1 is 1.41 bits per heavy atom. The summed E-state index contributed by atoms with van der Waals surface area (Å²) >= 11 is 1.73. The highest BCUT2D eigenvalue weighted by Gasteiger charge is 2.23. The van der Waals surface area contributed by atoms with Crippen LogP contribution in [0.4, 0.5) is 5.13 Å². The van der Waals surface area contributed by atoms with Crippen LogP contribution in [0.3, 0.4) is 0 Å². The largest absolute Gasteiger partial charge is 0.346 e.